The molecule has 1 aliphatic carbocycles. The van der Waals surface area contributed by atoms with Gasteiger partial charge in [0.25, 0.3) is 0 Å². The van der Waals surface area contributed by atoms with Gasteiger partial charge in [0.05, 0.1) is 12.6 Å². The molecule has 0 aromatic heterocycles. The summed E-state index contributed by atoms with van der Waals surface area (Å²) in [5.74, 6) is 0.927. The van der Waals surface area contributed by atoms with Crippen LogP contribution in [0.1, 0.15) is 37.0 Å². The molecule has 0 amide bonds. The maximum atomic E-state index is 6.46. The van der Waals surface area contributed by atoms with Gasteiger partial charge in [-0.25, -0.2) is 0 Å². The molecule has 0 aliphatic heterocycles. The first-order chi connectivity index (χ1) is 7.32. The summed E-state index contributed by atoms with van der Waals surface area (Å²) in [6.07, 6.45) is 1.03. The van der Waals surface area contributed by atoms with Crippen LogP contribution in [-0.2, 0) is 5.54 Å². The van der Waals surface area contributed by atoms with E-state index in [1.54, 1.807) is 7.11 Å². The molecule has 1 aromatic rings. The number of nitrogens with two attached hydrogens (primary N) is 1. The highest BCUT2D eigenvalue weighted by Crippen LogP contribution is 2.62. The van der Waals surface area contributed by atoms with Crippen LogP contribution in [0.3, 0.4) is 0 Å². The van der Waals surface area contributed by atoms with E-state index in [0.29, 0.717) is 0 Å². The molecule has 0 saturated heterocycles. The molecule has 2 nitrogen and oxygen atoms in total. The van der Waals surface area contributed by atoms with Crippen molar-refractivity contribution in [2.24, 2.45) is 11.1 Å². The maximum Gasteiger partial charge on any atom is 0.124 e. The molecule has 0 spiro atoms. The SMILES string of the molecule is COc1cc(C)c(C)cc1C1(N)CC1(C)C. The number of aryl methyl sites for hydroxylation is 2. The molecule has 2 N–H and O–H groups in total. The van der Waals surface area contributed by atoms with E-state index in [-0.39, 0.29) is 11.0 Å². The highest BCUT2D eigenvalue weighted by Gasteiger charge is 2.60. The standard InChI is InChI=1S/C14H21NO/c1-9-6-11(12(16-5)7-10(9)2)14(15)8-13(14,3)4/h6-7H,8,15H2,1-5H3. The van der Waals surface area contributed by atoms with Crippen molar-refractivity contribution in [2.45, 2.75) is 39.7 Å². The second-order valence-corrected chi connectivity index (χ2v) is 5.67. The molecule has 1 atom stereocenters. The summed E-state index contributed by atoms with van der Waals surface area (Å²) in [5.41, 5.74) is 10.1. The molecular weight excluding hydrogens is 198 g/mol. The van der Waals surface area contributed by atoms with Gasteiger partial charge in [0.1, 0.15) is 5.75 Å². The maximum absolute atomic E-state index is 6.46. The molecule has 1 unspecified atom stereocenters. The Morgan fingerprint density at radius 3 is 2.12 bits per heavy atom. The molecule has 2 heteroatoms. The highest BCUT2D eigenvalue weighted by molar-refractivity contribution is 5.49. The summed E-state index contributed by atoms with van der Waals surface area (Å²) in [6, 6.07) is 4.27. The van der Waals surface area contributed by atoms with Crippen molar-refractivity contribution < 1.29 is 4.74 Å². The molecule has 2 rings (SSSR count). The summed E-state index contributed by atoms with van der Waals surface area (Å²) in [5, 5.41) is 0. The van der Waals surface area contributed by atoms with E-state index in [1.807, 2.05) is 0 Å². The van der Waals surface area contributed by atoms with Crippen LogP contribution < -0.4 is 10.5 Å². The molecule has 88 valence electrons. The van der Waals surface area contributed by atoms with Gasteiger partial charge in [-0.05, 0) is 42.9 Å². The van der Waals surface area contributed by atoms with Crippen molar-refractivity contribution in [1.29, 1.82) is 0 Å². The third-order valence-electron chi connectivity index (χ3n) is 4.10. The van der Waals surface area contributed by atoms with E-state index in [0.717, 1.165) is 17.7 Å². The van der Waals surface area contributed by atoms with Gasteiger partial charge in [-0.1, -0.05) is 19.9 Å². The van der Waals surface area contributed by atoms with Crippen LogP contribution in [0.2, 0.25) is 0 Å². The normalized spacial score (nSPS) is 26.6. The second kappa shape index (κ2) is 3.24. The van der Waals surface area contributed by atoms with Crippen LogP contribution in [-0.4, -0.2) is 7.11 Å². The summed E-state index contributed by atoms with van der Waals surface area (Å²) < 4.78 is 5.46. The van der Waals surface area contributed by atoms with Crippen LogP contribution in [0.4, 0.5) is 0 Å². The highest BCUT2D eigenvalue weighted by atomic mass is 16.5. The number of benzene rings is 1. The van der Waals surface area contributed by atoms with Crippen molar-refractivity contribution in [3.8, 4) is 5.75 Å². The Kier molecular flexibility index (Phi) is 2.32. The average molecular weight is 219 g/mol. The first-order valence-corrected chi connectivity index (χ1v) is 5.76. The molecule has 0 heterocycles. The van der Waals surface area contributed by atoms with Gasteiger partial charge in [0, 0.05) is 5.56 Å². The first-order valence-electron chi connectivity index (χ1n) is 5.76. The molecule has 1 aromatic carbocycles. The third kappa shape index (κ3) is 1.44. The van der Waals surface area contributed by atoms with Gasteiger partial charge in [0.2, 0.25) is 0 Å². The average Bonchev–Trinajstić information content (AvgIpc) is 2.71. The smallest absolute Gasteiger partial charge is 0.124 e. The minimum absolute atomic E-state index is 0.183. The summed E-state index contributed by atoms with van der Waals surface area (Å²) >= 11 is 0. The quantitative estimate of drug-likeness (QED) is 0.830. The summed E-state index contributed by atoms with van der Waals surface area (Å²) in [7, 11) is 1.71. The largest absolute Gasteiger partial charge is 0.496 e. The second-order valence-electron chi connectivity index (χ2n) is 5.67. The predicted octanol–water partition coefficient (Wildman–Crippen LogP) is 2.90. The lowest BCUT2D eigenvalue weighted by molar-refractivity contribution is 0.395. The van der Waals surface area contributed by atoms with Gasteiger partial charge in [-0.15, -0.1) is 0 Å². The van der Waals surface area contributed by atoms with Gasteiger partial charge in [0.15, 0.2) is 0 Å². The van der Waals surface area contributed by atoms with Crippen LogP contribution in [0.15, 0.2) is 12.1 Å². The van der Waals surface area contributed by atoms with Gasteiger partial charge in [-0.3, -0.25) is 0 Å². The molecule has 1 saturated carbocycles. The summed E-state index contributed by atoms with van der Waals surface area (Å²) in [6.45, 7) is 8.64. The molecular formula is C14H21NO. The Labute approximate surface area is 97.8 Å². The minimum atomic E-state index is -0.212. The van der Waals surface area contributed by atoms with E-state index in [1.165, 1.54) is 11.1 Å². The molecule has 1 fully saturated rings. The van der Waals surface area contributed by atoms with Crippen molar-refractivity contribution in [1.82, 2.24) is 0 Å². The fourth-order valence-electron chi connectivity index (χ4n) is 2.42. The van der Waals surface area contributed by atoms with Crippen molar-refractivity contribution in [3.05, 3.63) is 28.8 Å². The number of hydrogen-bond acceptors (Lipinski definition) is 2. The van der Waals surface area contributed by atoms with E-state index in [4.69, 9.17) is 10.5 Å². The van der Waals surface area contributed by atoms with Crippen LogP contribution >= 0.6 is 0 Å². The molecule has 0 radical (unpaired) electrons. The molecule has 16 heavy (non-hydrogen) atoms. The van der Waals surface area contributed by atoms with Gasteiger partial charge >= 0.3 is 0 Å². The number of methoxy groups -OCH3 is 1. The zero-order chi connectivity index (χ0) is 12.1. The van der Waals surface area contributed by atoms with E-state index in [2.05, 4.69) is 39.8 Å². The Bertz CT molecular complexity index is 437. The van der Waals surface area contributed by atoms with Crippen LogP contribution in [0, 0.1) is 19.3 Å². The fraction of sp³-hybridized carbons (Fsp3) is 0.571. The molecule has 0 bridgehead atoms. The van der Waals surface area contributed by atoms with Crippen molar-refractivity contribution in [3.63, 3.8) is 0 Å². The first kappa shape index (κ1) is 11.5. The van der Waals surface area contributed by atoms with Gasteiger partial charge < -0.3 is 10.5 Å². The van der Waals surface area contributed by atoms with E-state index >= 15 is 0 Å². The minimum Gasteiger partial charge on any atom is -0.496 e. The molecule has 1 aliphatic rings. The van der Waals surface area contributed by atoms with Crippen LogP contribution in [0.5, 0.6) is 5.75 Å². The third-order valence-corrected chi connectivity index (χ3v) is 4.10. The number of ether oxygens (including phenoxy) is 1. The lowest BCUT2D eigenvalue weighted by Gasteiger charge is -2.20. The number of hydrogen-bond donors (Lipinski definition) is 1. The van der Waals surface area contributed by atoms with Gasteiger partial charge in [-0.2, -0.15) is 0 Å². The van der Waals surface area contributed by atoms with E-state index < -0.39 is 0 Å². The lowest BCUT2D eigenvalue weighted by atomic mass is 9.93. The summed E-state index contributed by atoms with van der Waals surface area (Å²) in [4.78, 5) is 0. The zero-order valence-corrected chi connectivity index (χ0v) is 10.8. The lowest BCUT2D eigenvalue weighted by Crippen LogP contribution is -2.26. The van der Waals surface area contributed by atoms with Crippen molar-refractivity contribution in [2.75, 3.05) is 7.11 Å². The van der Waals surface area contributed by atoms with Crippen LogP contribution in [0.25, 0.3) is 0 Å². The Hall–Kier alpha value is -1.02. The monoisotopic (exact) mass is 219 g/mol. The van der Waals surface area contributed by atoms with E-state index in [9.17, 15) is 0 Å². The zero-order valence-electron chi connectivity index (χ0n) is 10.8. The Morgan fingerprint density at radius 1 is 1.19 bits per heavy atom. The topological polar surface area (TPSA) is 35.2 Å². The van der Waals surface area contributed by atoms with Crippen molar-refractivity contribution >= 4 is 0 Å². The Morgan fingerprint density at radius 2 is 1.69 bits per heavy atom. The predicted molar refractivity (Wildman–Crippen MR) is 66.7 cm³/mol. The number of rotatable bonds is 2. The Balaban J connectivity index is 2.53. The fourth-order valence-corrected chi connectivity index (χ4v) is 2.42.